The zero-order chi connectivity index (χ0) is 32.0. The quantitative estimate of drug-likeness (QED) is 0.174. The highest BCUT2D eigenvalue weighted by Gasteiger charge is 2.69. The smallest absolute Gasteiger partial charge is 0.287 e. The Morgan fingerprint density at radius 2 is 1.79 bits per heavy atom. The molecule has 1 saturated carbocycles. The third-order valence-corrected chi connectivity index (χ3v) is 8.10. The number of nitrogens with two attached hydrogens (primary N) is 1. The lowest BCUT2D eigenvalue weighted by Gasteiger charge is -2.38. The minimum atomic E-state index is -1.13. The Kier molecular flexibility index (Phi) is 11.4. The van der Waals surface area contributed by atoms with Gasteiger partial charge in [-0.2, -0.15) is 0 Å². The van der Waals surface area contributed by atoms with Gasteiger partial charge in [0.1, 0.15) is 17.8 Å². The number of carbonyl (C=O) groups is 6. The first-order chi connectivity index (χ1) is 19.5. The van der Waals surface area contributed by atoms with Crippen molar-refractivity contribution >= 4 is 41.0 Å². The summed E-state index contributed by atoms with van der Waals surface area (Å²) in [5.74, 6) is -4.27. The summed E-state index contributed by atoms with van der Waals surface area (Å²) < 4.78 is 0. The van der Waals surface area contributed by atoms with Crippen LogP contribution >= 0.6 is 0 Å². The Morgan fingerprint density at radius 1 is 1.14 bits per heavy atom. The van der Waals surface area contributed by atoms with Gasteiger partial charge in [0.05, 0.1) is 12.6 Å². The van der Waals surface area contributed by atoms with Gasteiger partial charge in [0.2, 0.25) is 23.5 Å². The third kappa shape index (κ3) is 7.92. The van der Waals surface area contributed by atoms with Crippen LogP contribution in [0, 0.1) is 22.7 Å². The molecular weight excluding hydrogens is 540 g/mol. The van der Waals surface area contributed by atoms with Crippen LogP contribution in [-0.2, 0) is 28.8 Å². The lowest BCUT2D eigenvalue weighted by atomic mass is 9.85. The average molecular weight is 587 g/mol. The average Bonchev–Trinajstić information content (AvgIpc) is 3.23. The van der Waals surface area contributed by atoms with E-state index in [1.54, 1.807) is 33.8 Å². The summed E-state index contributed by atoms with van der Waals surface area (Å²) in [6.45, 7) is 16.5. The number of amides is 5. The molecule has 1 saturated heterocycles. The minimum absolute atomic E-state index is 0.0316. The normalized spacial score (nSPS) is 22.5. The van der Waals surface area contributed by atoms with Crippen LogP contribution in [-0.4, -0.2) is 77.1 Å². The van der Waals surface area contributed by atoms with Crippen molar-refractivity contribution in [3.63, 3.8) is 0 Å². The molecule has 2 rings (SSSR count). The Labute approximate surface area is 248 Å². The molecule has 5 atom stereocenters. The molecule has 1 heterocycles. The van der Waals surface area contributed by atoms with Crippen molar-refractivity contribution in [3.8, 4) is 0 Å². The summed E-state index contributed by atoms with van der Waals surface area (Å²) in [6, 6.07) is -2.98. The van der Waals surface area contributed by atoms with Gasteiger partial charge >= 0.3 is 0 Å². The van der Waals surface area contributed by atoms with E-state index in [0.717, 1.165) is 6.42 Å². The number of unbranched alkanes of at least 4 members (excludes halogenated alkanes) is 1. The Morgan fingerprint density at radius 3 is 2.31 bits per heavy atom. The highest BCUT2D eigenvalue weighted by Crippen LogP contribution is 2.65. The summed E-state index contributed by atoms with van der Waals surface area (Å²) >= 11 is 0. The SMILES string of the molecule is C=C/C(=N\C=C/C)C(=O)NCC(=O)N[C@H](C(=O)N1C[C@H]2[C@@H]([C@H]1C(=O)NC(CCCC)C(=O)C(N)=O)C2(C)C)C(C)(C)C. The summed E-state index contributed by atoms with van der Waals surface area (Å²) in [7, 11) is 0. The van der Waals surface area contributed by atoms with Crippen molar-refractivity contribution in [1.82, 2.24) is 20.9 Å². The predicted octanol–water partition coefficient (Wildman–Crippen LogP) is 1.01. The Balaban J connectivity index is 2.25. The van der Waals surface area contributed by atoms with Crippen LogP contribution in [0.4, 0.5) is 0 Å². The molecule has 0 aromatic carbocycles. The van der Waals surface area contributed by atoms with Gasteiger partial charge in [-0.15, -0.1) is 0 Å². The van der Waals surface area contributed by atoms with Gasteiger partial charge in [0, 0.05) is 12.7 Å². The van der Waals surface area contributed by atoms with Crippen LogP contribution in [0.25, 0.3) is 0 Å². The Bertz CT molecular complexity index is 1170. The molecule has 1 unspecified atom stereocenters. The fraction of sp³-hybridized carbons (Fsp3) is 0.633. The topological polar surface area (TPSA) is 180 Å². The van der Waals surface area contributed by atoms with Gasteiger partial charge in [0.15, 0.2) is 0 Å². The zero-order valence-electron chi connectivity index (χ0n) is 25.8. The standard InChI is InChI=1S/C30H46N6O6/c1-9-12-13-19(23(38)25(31)39)34-27(41)22-21-17(30(21,7)8)16-36(22)28(42)24(29(4,5)6)35-20(37)15-33-26(40)18(11-3)32-14-10-2/h10-11,14,17,19,21-22,24H,3,9,12-13,15-16H2,1-2,4-8H3,(H2,31,39)(H,33,40)(H,34,41)(H,35,37)/b14-10-,32-18+/t17-,19?,21-,22-,24+/m0/s1. The molecule has 0 bridgehead atoms. The van der Waals surface area contributed by atoms with E-state index in [2.05, 4.69) is 27.5 Å². The van der Waals surface area contributed by atoms with Crippen LogP contribution in [0.15, 0.2) is 29.9 Å². The maximum absolute atomic E-state index is 14.0. The van der Waals surface area contributed by atoms with Gasteiger partial charge in [-0.05, 0) is 42.1 Å². The van der Waals surface area contributed by atoms with Gasteiger partial charge in [-0.3, -0.25) is 33.8 Å². The van der Waals surface area contributed by atoms with E-state index >= 15 is 0 Å². The summed E-state index contributed by atoms with van der Waals surface area (Å²) in [4.78, 5) is 82.4. The van der Waals surface area contributed by atoms with E-state index in [0.29, 0.717) is 13.0 Å². The van der Waals surface area contributed by atoms with Gasteiger partial charge in [0.25, 0.3) is 11.8 Å². The van der Waals surface area contributed by atoms with Crippen LogP contribution in [0.1, 0.15) is 67.7 Å². The number of piperidine rings is 1. The second-order valence-corrected chi connectivity index (χ2v) is 12.6. The van der Waals surface area contributed by atoms with Crippen molar-refractivity contribution in [2.75, 3.05) is 13.1 Å². The number of fused-ring (bicyclic) bond motifs is 1. The maximum Gasteiger partial charge on any atom is 0.287 e. The van der Waals surface area contributed by atoms with E-state index in [1.807, 2.05) is 20.8 Å². The first kappa shape index (κ1) is 34.4. The molecule has 12 heteroatoms. The highest BCUT2D eigenvalue weighted by molar-refractivity contribution is 6.43. The summed E-state index contributed by atoms with van der Waals surface area (Å²) in [5.41, 5.74) is 4.32. The Hall–Kier alpha value is -3.83. The van der Waals surface area contributed by atoms with Gasteiger partial charge < -0.3 is 26.6 Å². The molecule has 0 aromatic rings. The number of aliphatic imine (C=N–C) groups is 1. The number of hydrogen-bond acceptors (Lipinski definition) is 7. The molecule has 5 N–H and O–H groups in total. The molecule has 42 heavy (non-hydrogen) atoms. The lowest BCUT2D eigenvalue weighted by Crippen LogP contribution is -2.61. The first-order valence-electron chi connectivity index (χ1n) is 14.4. The largest absolute Gasteiger partial charge is 0.363 e. The van der Waals surface area contributed by atoms with E-state index in [-0.39, 0.29) is 29.4 Å². The van der Waals surface area contributed by atoms with E-state index < -0.39 is 65.4 Å². The minimum Gasteiger partial charge on any atom is -0.363 e. The fourth-order valence-corrected chi connectivity index (χ4v) is 5.56. The molecule has 5 amide bonds. The van der Waals surface area contributed by atoms with Crippen LogP contribution < -0.4 is 21.7 Å². The number of hydrogen-bond donors (Lipinski definition) is 4. The second kappa shape index (κ2) is 13.9. The summed E-state index contributed by atoms with van der Waals surface area (Å²) in [6.07, 6.45) is 5.93. The van der Waals surface area contributed by atoms with E-state index in [4.69, 9.17) is 5.73 Å². The second-order valence-electron chi connectivity index (χ2n) is 12.6. The van der Waals surface area contributed by atoms with Crippen molar-refractivity contribution in [2.45, 2.75) is 85.9 Å². The number of rotatable bonds is 14. The molecule has 2 fully saturated rings. The van der Waals surface area contributed by atoms with Gasteiger partial charge in [-0.1, -0.05) is 67.0 Å². The molecular formula is C30H46N6O6. The number of allylic oxidation sites excluding steroid dienone is 1. The molecule has 12 nitrogen and oxygen atoms in total. The fourth-order valence-electron chi connectivity index (χ4n) is 5.56. The predicted molar refractivity (Wildman–Crippen MR) is 159 cm³/mol. The van der Waals surface area contributed by atoms with Crippen molar-refractivity contribution in [3.05, 3.63) is 24.9 Å². The summed E-state index contributed by atoms with van der Waals surface area (Å²) in [5, 5.41) is 7.90. The molecule has 232 valence electrons. The zero-order valence-corrected chi connectivity index (χ0v) is 25.8. The first-order valence-corrected chi connectivity index (χ1v) is 14.4. The maximum atomic E-state index is 14.0. The van der Waals surface area contributed by atoms with E-state index in [9.17, 15) is 28.8 Å². The van der Waals surface area contributed by atoms with Crippen LogP contribution in [0.5, 0.6) is 0 Å². The molecule has 0 spiro atoms. The number of ketones is 1. The molecule has 1 aliphatic heterocycles. The third-order valence-electron chi connectivity index (χ3n) is 8.10. The number of nitrogens with zero attached hydrogens (tertiary/aromatic N) is 2. The van der Waals surface area contributed by atoms with E-state index in [1.165, 1.54) is 17.2 Å². The van der Waals surface area contributed by atoms with Crippen LogP contribution in [0.2, 0.25) is 0 Å². The lowest BCUT2D eigenvalue weighted by molar-refractivity contribution is -0.146. The number of nitrogens with one attached hydrogen (secondary N) is 3. The molecule has 0 aromatic heterocycles. The van der Waals surface area contributed by atoms with Crippen molar-refractivity contribution < 1.29 is 28.8 Å². The highest BCUT2D eigenvalue weighted by atomic mass is 16.2. The van der Waals surface area contributed by atoms with Crippen molar-refractivity contribution in [2.24, 2.45) is 33.4 Å². The van der Waals surface area contributed by atoms with Crippen molar-refractivity contribution in [1.29, 1.82) is 0 Å². The molecule has 1 aliphatic carbocycles. The monoisotopic (exact) mass is 586 g/mol. The number of likely N-dealkylation sites (tertiary alicyclic amines) is 1. The molecule has 2 aliphatic rings. The number of Topliss-reactive ketones (excluding diaryl/α,β-unsaturated/α-hetero) is 1. The van der Waals surface area contributed by atoms with Gasteiger partial charge in [-0.25, -0.2) is 0 Å². The van der Waals surface area contributed by atoms with Crippen LogP contribution in [0.3, 0.4) is 0 Å². The molecule has 0 radical (unpaired) electrons. The number of carbonyl (C=O) groups excluding carboxylic acids is 6. The number of primary amides is 1.